The lowest BCUT2D eigenvalue weighted by molar-refractivity contribution is -0.0334. The van der Waals surface area contributed by atoms with Crippen LogP contribution in [0.2, 0.25) is 0 Å². The summed E-state index contributed by atoms with van der Waals surface area (Å²) in [5, 5.41) is -0.176. The molecule has 0 bridgehead atoms. The molecule has 16 heavy (non-hydrogen) atoms. The Labute approximate surface area is 92.1 Å². The molecule has 0 N–H and O–H groups in total. The lowest BCUT2D eigenvalue weighted by Crippen LogP contribution is -2.03. The minimum atomic E-state index is -4.46. The van der Waals surface area contributed by atoms with Gasteiger partial charge in [-0.05, 0) is 12.1 Å². The first-order valence-electron chi connectivity index (χ1n) is 4.24. The van der Waals surface area contributed by atoms with Crippen molar-refractivity contribution in [2.45, 2.75) is 10.6 Å². The van der Waals surface area contributed by atoms with Crippen LogP contribution in [0.1, 0.15) is 0 Å². The highest BCUT2D eigenvalue weighted by molar-refractivity contribution is 8.00. The first kappa shape index (κ1) is 11.1. The van der Waals surface area contributed by atoms with E-state index in [1.807, 2.05) is 0 Å². The number of halogens is 3. The Bertz CT molecular complexity index is 574. The summed E-state index contributed by atoms with van der Waals surface area (Å²) in [7, 11) is 0. The average molecular weight is 246 g/mol. The largest absolute Gasteiger partial charge is 0.449 e. The highest BCUT2D eigenvalue weighted by Crippen LogP contribution is 2.36. The van der Waals surface area contributed by atoms with E-state index in [2.05, 4.69) is 0 Å². The maximum absolute atomic E-state index is 12.1. The highest BCUT2D eigenvalue weighted by Gasteiger charge is 2.31. The summed E-state index contributed by atoms with van der Waals surface area (Å²) in [6.07, 6.45) is 0. The molecule has 0 radical (unpaired) electrons. The lowest BCUT2D eigenvalue weighted by Gasteiger charge is -2.04. The van der Waals surface area contributed by atoms with E-state index in [0.717, 1.165) is 6.07 Å². The van der Waals surface area contributed by atoms with E-state index < -0.39 is 27.8 Å². The number of hydrogen-bond acceptors (Lipinski definition) is 3. The summed E-state index contributed by atoms with van der Waals surface area (Å²) in [4.78, 5) is 11.4. The van der Waals surface area contributed by atoms with Crippen LogP contribution in [0, 0.1) is 0 Å². The molecule has 0 aliphatic carbocycles. The van der Waals surface area contributed by atoms with Crippen molar-refractivity contribution in [1.29, 1.82) is 0 Å². The fraction of sp³-hybridized carbons (Fsp3) is 0.100. The molecule has 0 saturated carbocycles. The minimum absolute atomic E-state index is 0.154. The van der Waals surface area contributed by atoms with Crippen LogP contribution in [0.3, 0.4) is 0 Å². The molecule has 0 spiro atoms. The Hall–Kier alpha value is -1.43. The topological polar surface area (TPSA) is 30.2 Å². The molecule has 1 heterocycles. The zero-order valence-electron chi connectivity index (χ0n) is 7.75. The van der Waals surface area contributed by atoms with Crippen LogP contribution in [0.25, 0.3) is 11.0 Å². The number of benzene rings is 1. The van der Waals surface area contributed by atoms with E-state index in [1.54, 1.807) is 12.1 Å². The number of thioether (sulfide) groups is 1. The molecule has 0 atom stereocenters. The zero-order valence-corrected chi connectivity index (χ0v) is 8.56. The normalized spacial score (nSPS) is 11.9. The number of hydrogen-bond donors (Lipinski definition) is 0. The van der Waals surface area contributed by atoms with Gasteiger partial charge in [-0.1, -0.05) is 12.1 Å². The van der Waals surface area contributed by atoms with E-state index in [4.69, 9.17) is 4.42 Å². The molecule has 0 aliphatic heterocycles. The molecule has 0 saturated heterocycles. The van der Waals surface area contributed by atoms with Gasteiger partial charge in [-0.3, -0.25) is 4.79 Å². The van der Waals surface area contributed by atoms with Crippen molar-refractivity contribution >= 4 is 22.7 Å². The number of alkyl halides is 3. The average Bonchev–Trinajstić information content (AvgIpc) is 2.15. The molecule has 84 valence electrons. The second-order valence-corrected chi connectivity index (χ2v) is 4.04. The Morgan fingerprint density at radius 3 is 2.56 bits per heavy atom. The Morgan fingerprint density at radius 1 is 1.19 bits per heavy atom. The van der Waals surface area contributed by atoms with Crippen LogP contribution in [-0.4, -0.2) is 5.51 Å². The summed E-state index contributed by atoms with van der Waals surface area (Å²) in [5.74, 6) is 0. The quantitative estimate of drug-likeness (QED) is 0.722. The molecule has 0 amide bonds. The van der Waals surface area contributed by atoms with E-state index >= 15 is 0 Å². The third-order valence-corrected chi connectivity index (χ3v) is 2.46. The number of fused-ring (bicyclic) bond motifs is 1. The standard InChI is InChI=1S/C10H5F3O2S/c11-10(12,13)16-9-5-7(14)6-3-1-2-4-8(6)15-9/h1-5H. The van der Waals surface area contributed by atoms with Crippen molar-refractivity contribution in [2.75, 3.05) is 0 Å². The number of para-hydroxylation sites is 1. The molecular formula is C10H5F3O2S. The zero-order chi connectivity index (χ0) is 11.8. The first-order chi connectivity index (χ1) is 7.46. The van der Waals surface area contributed by atoms with E-state index in [-0.39, 0.29) is 11.0 Å². The van der Waals surface area contributed by atoms with Crippen molar-refractivity contribution in [2.24, 2.45) is 0 Å². The van der Waals surface area contributed by atoms with Gasteiger partial charge < -0.3 is 4.42 Å². The molecule has 2 rings (SSSR count). The van der Waals surface area contributed by atoms with Gasteiger partial charge in [-0.15, -0.1) is 0 Å². The van der Waals surface area contributed by atoms with Crippen molar-refractivity contribution in [3.8, 4) is 0 Å². The van der Waals surface area contributed by atoms with E-state index in [9.17, 15) is 18.0 Å². The van der Waals surface area contributed by atoms with Gasteiger partial charge in [0.25, 0.3) is 0 Å². The van der Waals surface area contributed by atoms with Gasteiger partial charge in [0.05, 0.1) is 5.39 Å². The molecule has 1 aromatic heterocycles. The third-order valence-electron chi connectivity index (χ3n) is 1.83. The van der Waals surface area contributed by atoms with Crippen LogP contribution < -0.4 is 5.43 Å². The van der Waals surface area contributed by atoms with Gasteiger partial charge >= 0.3 is 5.51 Å². The fourth-order valence-electron chi connectivity index (χ4n) is 1.25. The van der Waals surface area contributed by atoms with E-state index in [0.29, 0.717) is 0 Å². The molecule has 6 heteroatoms. The van der Waals surface area contributed by atoms with Crippen LogP contribution >= 0.6 is 11.8 Å². The summed E-state index contributed by atoms with van der Waals surface area (Å²) < 4.78 is 41.2. The third kappa shape index (κ3) is 2.38. The van der Waals surface area contributed by atoms with Crippen molar-refractivity contribution in [3.63, 3.8) is 0 Å². The van der Waals surface area contributed by atoms with Crippen LogP contribution in [0.15, 0.2) is 44.6 Å². The summed E-state index contributed by atoms with van der Waals surface area (Å²) >= 11 is -0.437. The first-order valence-corrected chi connectivity index (χ1v) is 5.06. The predicted molar refractivity (Wildman–Crippen MR) is 54.4 cm³/mol. The second kappa shape index (κ2) is 3.86. The summed E-state index contributed by atoms with van der Waals surface area (Å²) in [6, 6.07) is 7.02. The molecule has 2 aromatic rings. The summed E-state index contributed by atoms with van der Waals surface area (Å²) in [6.45, 7) is 0. The maximum Gasteiger partial charge on any atom is 0.449 e. The van der Waals surface area contributed by atoms with Crippen LogP contribution in [0.4, 0.5) is 13.2 Å². The van der Waals surface area contributed by atoms with Gasteiger partial charge in [0, 0.05) is 17.8 Å². The summed E-state index contributed by atoms with van der Waals surface area (Å²) in [5.41, 5.74) is -4.78. The van der Waals surface area contributed by atoms with Crippen LogP contribution in [0.5, 0.6) is 0 Å². The smallest absolute Gasteiger partial charge is 0.449 e. The maximum atomic E-state index is 12.1. The van der Waals surface area contributed by atoms with Gasteiger partial charge in [0.15, 0.2) is 10.5 Å². The SMILES string of the molecule is O=c1cc(SC(F)(F)F)oc2ccccc12. The Balaban J connectivity index is 2.54. The Kier molecular flexibility index (Phi) is 2.67. The molecule has 0 unspecified atom stereocenters. The van der Waals surface area contributed by atoms with Crippen molar-refractivity contribution < 1.29 is 17.6 Å². The molecular weight excluding hydrogens is 241 g/mol. The van der Waals surface area contributed by atoms with Crippen LogP contribution in [-0.2, 0) is 0 Å². The highest BCUT2D eigenvalue weighted by atomic mass is 32.2. The van der Waals surface area contributed by atoms with E-state index in [1.165, 1.54) is 12.1 Å². The number of rotatable bonds is 1. The van der Waals surface area contributed by atoms with Gasteiger partial charge in [-0.25, -0.2) is 0 Å². The van der Waals surface area contributed by atoms with Gasteiger partial charge in [0.2, 0.25) is 0 Å². The fourth-order valence-corrected chi connectivity index (χ4v) is 1.77. The predicted octanol–water partition coefficient (Wildman–Crippen LogP) is 3.40. The van der Waals surface area contributed by atoms with Gasteiger partial charge in [-0.2, -0.15) is 13.2 Å². The molecule has 0 fully saturated rings. The molecule has 1 aromatic carbocycles. The second-order valence-electron chi connectivity index (χ2n) is 2.97. The van der Waals surface area contributed by atoms with Crippen molar-refractivity contribution in [3.05, 3.63) is 40.6 Å². The van der Waals surface area contributed by atoms with Crippen molar-refractivity contribution in [1.82, 2.24) is 0 Å². The molecule has 0 aliphatic rings. The minimum Gasteiger partial charge on any atom is -0.449 e. The van der Waals surface area contributed by atoms with Gasteiger partial charge in [0.1, 0.15) is 5.58 Å². The molecule has 2 nitrogen and oxygen atoms in total. The Morgan fingerprint density at radius 2 is 1.88 bits per heavy atom. The monoisotopic (exact) mass is 246 g/mol. The lowest BCUT2D eigenvalue weighted by atomic mass is 10.2.